The number of rotatable bonds is 5. The van der Waals surface area contributed by atoms with Crippen molar-refractivity contribution in [3.63, 3.8) is 0 Å². The van der Waals surface area contributed by atoms with Crippen molar-refractivity contribution in [3.8, 4) is 6.07 Å². The van der Waals surface area contributed by atoms with Gasteiger partial charge in [-0.3, -0.25) is 0 Å². The third kappa shape index (κ3) is 4.97. The summed E-state index contributed by atoms with van der Waals surface area (Å²) in [7, 11) is 0. The van der Waals surface area contributed by atoms with Crippen molar-refractivity contribution in [2.75, 3.05) is 19.6 Å². The van der Waals surface area contributed by atoms with Crippen LogP contribution in [0.4, 0.5) is 0 Å². The minimum absolute atomic E-state index is 0.0880. The van der Waals surface area contributed by atoms with Gasteiger partial charge in [-0.15, -0.1) is 0 Å². The van der Waals surface area contributed by atoms with Crippen molar-refractivity contribution in [2.24, 2.45) is 5.73 Å². The van der Waals surface area contributed by atoms with Gasteiger partial charge >= 0.3 is 0 Å². The molecule has 0 atom stereocenters. The Hall–Kier alpha value is -1.78. The lowest BCUT2D eigenvalue weighted by Gasteiger charge is -2.15. The molecule has 0 fully saturated rings. The van der Waals surface area contributed by atoms with E-state index >= 15 is 0 Å². The summed E-state index contributed by atoms with van der Waals surface area (Å²) in [6.07, 6.45) is 5.01. The van der Waals surface area contributed by atoms with Crippen molar-refractivity contribution in [3.05, 3.63) is 35.5 Å². The van der Waals surface area contributed by atoms with E-state index in [1.807, 2.05) is 18.0 Å². The molecule has 0 aliphatic rings. The summed E-state index contributed by atoms with van der Waals surface area (Å²) >= 11 is 0. The van der Waals surface area contributed by atoms with Gasteiger partial charge in [0.1, 0.15) is 0 Å². The molecule has 2 N–H and O–H groups in total. The first kappa shape index (κ1) is 12.2. The van der Waals surface area contributed by atoms with E-state index in [0.717, 1.165) is 13.1 Å². The summed E-state index contributed by atoms with van der Waals surface area (Å²) in [5.41, 5.74) is 5.49. The first-order chi connectivity index (χ1) is 6.78. The highest BCUT2D eigenvalue weighted by atomic mass is 15.1. The van der Waals surface area contributed by atoms with E-state index in [4.69, 9.17) is 17.6 Å². The van der Waals surface area contributed by atoms with Crippen LogP contribution in [0.5, 0.6) is 0 Å². The maximum Gasteiger partial charge on any atom is 0.261 e. The second-order valence-electron chi connectivity index (χ2n) is 2.53. The van der Waals surface area contributed by atoms with Crippen molar-refractivity contribution < 1.29 is 0 Å². The van der Waals surface area contributed by atoms with Crippen LogP contribution < -0.4 is 5.73 Å². The van der Waals surface area contributed by atoms with Crippen LogP contribution in [-0.4, -0.2) is 24.5 Å². The van der Waals surface area contributed by atoms with E-state index in [2.05, 4.69) is 4.85 Å². The van der Waals surface area contributed by atoms with Crippen LogP contribution in [0.25, 0.3) is 4.85 Å². The Kier molecular flexibility index (Phi) is 6.85. The topological polar surface area (TPSA) is 57.4 Å². The minimum Gasteiger partial charge on any atom is -0.376 e. The zero-order valence-corrected chi connectivity index (χ0v) is 8.27. The Balaban J connectivity index is 4.23. The third-order valence-electron chi connectivity index (χ3n) is 1.61. The van der Waals surface area contributed by atoms with E-state index in [1.54, 1.807) is 12.1 Å². The predicted molar refractivity (Wildman–Crippen MR) is 55.7 cm³/mol. The van der Waals surface area contributed by atoms with Crippen LogP contribution in [0.1, 0.15) is 6.92 Å². The van der Waals surface area contributed by atoms with Crippen LogP contribution in [0.2, 0.25) is 0 Å². The van der Waals surface area contributed by atoms with Crippen LogP contribution in [0, 0.1) is 17.9 Å². The Morgan fingerprint density at radius 2 is 2.43 bits per heavy atom. The molecule has 0 unspecified atom stereocenters. The second-order valence-corrected chi connectivity index (χ2v) is 2.53. The Labute approximate surface area is 84.7 Å². The number of allylic oxidation sites excluding steroid dienone is 3. The molecule has 0 bridgehead atoms. The summed E-state index contributed by atoms with van der Waals surface area (Å²) in [6.45, 7) is 10.9. The van der Waals surface area contributed by atoms with Crippen LogP contribution in [-0.2, 0) is 0 Å². The monoisotopic (exact) mass is 190 g/mol. The van der Waals surface area contributed by atoms with Gasteiger partial charge in [-0.05, 0) is 19.2 Å². The largest absolute Gasteiger partial charge is 0.376 e. The first-order valence-corrected chi connectivity index (χ1v) is 4.38. The molecule has 0 aliphatic heterocycles. The summed E-state index contributed by atoms with van der Waals surface area (Å²) in [6, 6.07) is 1.79. The van der Waals surface area contributed by atoms with Gasteiger partial charge in [0.2, 0.25) is 0 Å². The van der Waals surface area contributed by atoms with Crippen LogP contribution in [0.15, 0.2) is 24.0 Å². The van der Waals surface area contributed by atoms with Crippen molar-refractivity contribution in [2.45, 2.75) is 6.92 Å². The quantitative estimate of drug-likeness (QED) is 0.401. The lowest BCUT2D eigenvalue weighted by molar-refractivity contribution is 0.406. The van der Waals surface area contributed by atoms with Gasteiger partial charge in [0.25, 0.3) is 5.70 Å². The normalized spacial score (nSPS) is 11.0. The summed E-state index contributed by atoms with van der Waals surface area (Å²) in [5, 5.41) is 8.45. The fraction of sp³-hybridized carbons (Fsp3) is 0.400. The molecule has 0 saturated heterocycles. The van der Waals surface area contributed by atoms with Crippen LogP contribution >= 0.6 is 0 Å². The molecular weight excluding hydrogens is 176 g/mol. The summed E-state index contributed by atoms with van der Waals surface area (Å²) in [5.74, 6) is 0. The highest BCUT2D eigenvalue weighted by Gasteiger charge is 1.92. The average molecular weight is 190 g/mol. The zero-order chi connectivity index (χ0) is 10.8. The molecule has 0 rings (SSSR count). The van der Waals surface area contributed by atoms with Gasteiger partial charge in [-0.25, -0.2) is 10.1 Å². The molecule has 0 heterocycles. The molecule has 4 heteroatoms. The molecular formula is C10H14N4. The highest BCUT2D eigenvalue weighted by molar-refractivity contribution is 5.30. The smallest absolute Gasteiger partial charge is 0.261 e. The number of hydrogen-bond acceptors (Lipinski definition) is 3. The molecule has 0 aromatic carbocycles. The number of hydrogen-bond donors (Lipinski definition) is 1. The van der Waals surface area contributed by atoms with Gasteiger partial charge in [-0.1, -0.05) is 6.08 Å². The van der Waals surface area contributed by atoms with Gasteiger partial charge in [0.15, 0.2) is 0 Å². The molecule has 14 heavy (non-hydrogen) atoms. The fourth-order valence-electron chi connectivity index (χ4n) is 0.859. The van der Waals surface area contributed by atoms with E-state index < -0.39 is 0 Å². The molecule has 0 saturated carbocycles. The van der Waals surface area contributed by atoms with Gasteiger partial charge in [0.05, 0.1) is 12.6 Å². The maximum atomic E-state index is 8.45. The highest BCUT2D eigenvalue weighted by Crippen LogP contribution is 1.95. The first-order valence-electron chi connectivity index (χ1n) is 4.38. The SMILES string of the molecule is [C-]#[N+]/C(C#N)=C/C=C/N(CC)CCN. The van der Waals surface area contributed by atoms with E-state index in [1.165, 1.54) is 6.08 Å². The number of likely N-dealkylation sites (N-methyl/N-ethyl adjacent to an activating group) is 1. The van der Waals surface area contributed by atoms with Crippen molar-refractivity contribution >= 4 is 0 Å². The Morgan fingerprint density at radius 3 is 2.86 bits per heavy atom. The standard InChI is InChI=1S/C10H14N4/c1-3-14(8-6-11)7-4-5-10(9-12)13-2/h4-5,7H,3,6,8,11H2,1H3/b7-4+,10-5+. The van der Waals surface area contributed by atoms with E-state index in [9.17, 15) is 0 Å². The van der Waals surface area contributed by atoms with E-state index in [-0.39, 0.29) is 5.70 Å². The van der Waals surface area contributed by atoms with E-state index in [0.29, 0.717) is 6.54 Å². The molecule has 0 aromatic heterocycles. The maximum absolute atomic E-state index is 8.45. The van der Waals surface area contributed by atoms with Crippen LogP contribution in [0.3, 0.4) is 0 Å². The summed E-state index contributed by atoms with van der Waals surface area (Å²) < 4.78 is 0. The minimum atomic E-state index is 0.0880. The summed E-state index contributed by atoms with van der Waals surface area (Å²) in [4.78, 5) is 5.04. The molecule has 74 valence electrons. The Morgan fingerprint density at radius 1 is 1.71 bits per heavy atom. The fourth-order valence-corrected chi connectivity index (χ4v) is 0.859. The molecule has 0 radical (unpaired) electrons. The second kappa shape index (κ2) is 7.85. The zero-order valence-electron chi connectivity index (χ0n) is 8.27. The van der Waals surface area contributed by atoms with Gasteiger partial charge in [0, 0.05) is 19.6 Å². The predicted octanol–water partition coefficient (Wildman–Crippen LogP) is 1.11. The number of nitrogens with two attached hydrogens (primary N) is 1. The average Bonchev–Trinajstić information content (AvgIpc) is 2.23. The molecule has 0 amide bonds. The number of nitrogens with zero attached hydrogens (tertiary/aromatic N) is 3. The molecule has 0 spiro atoms. The molecule has 0 aliphatic carbocycles. The number of nitriles is 1. The molecule has 0 aromatic rings. The lowest BCUT2D eigenvalue weighted by atomic mass is 10.4. The van der Waals surface area contributed by atoms with Crippen molar-refractivity contribution in [1.29, 1.82) is 5.26 Å². The molecule has 4 nitrogen and oxygen atoms in total. The Bertz CT molecular complexity index is 274. The van der Waals surface area contributed by atoms with Crippen molar-refractivity contribution in [1.82, 2.24) is 4.90 Å². The third-order valence-corrected chi connectivity index (χ3v) is 1.61. The van der Waals surface area contributed by atoms with Gasteiger partial charge < -0.3 is 10.6 Å². The lowest BCUT2D eigenvalue weighted by Crippen LogP contribution is -2.24. The van der Waals surface area contributed by atoms with Gasteiger partial charge in [-0.2, -0.15) is 0 Å².